The highest BCUT2D eigenvalue weighted by molar-refractivity contribution is 9.10. The van der Waals surface area contributed by atoms with Crippen LogP contribution in [0.4, 0.5) is 0 Å². The molecular formula is C16H26BrNO2S. The molecule has 0 aliphatic heterocycles. The van der Waals surface area contributed by atoms with Crippen molar-refractivity contribution in [1.82, 2.24) is 5.32 Å². The first-order valence-corrected chi connectivity index (χ1v) is 10.1. The SMILES string of the molecule is CCS(=O)(=O)CCC(CNCC(C)C)c1cccc(Br)c1. The minimum absolute atomic E-state index is 0.220. The molecule has 1 aromatic rings. The van der Waals surface area contributed by atoms with Crippen LogP contribution in [-0.2, 0) is 9.84 Å². The van der Waals surface area contributed by atoms with Crippen molar-refractivity contribution in [2.75, 3.05) is 24.6 Å². The number of sulfone groups is 1. The van der Waals surface area contributed by atoms with Crippen LogP contribution in [0.1, 0.15) is 38.7 Å². The second-order valence-electron chi connectivity index (χ2n) is 5.83. The van der Waals surface area contributed by atoms with Gasteiger partial charge in [0.15, 0.2) is 0 Å². The zero-order chi connectivity index (χ0) is 15.9. The highest BCUT2D eigenvalue weighted by Gasteiger charge is 2.16. The lowest BCUT2D eigenvalue weighted by molar-refractivity contribution is 0.507. The Labute approximate surface area is 137 Å². The zero-order valence-corrected chi connectivity index (χ0v) is 15.5. The predicted molar refractivity (Wildman–Crippen MR) is 93.5 cm³/mol. The molecular weight excluding hydrogens is 350 g/mol. The molecule has 1 atom stereocenters. The molecule has 1 unspecified atom stereocenters. The molecule has 0 heterocycles. The molecule has 0 aliphatic rings. The fourth-order valence-electron chi connectivity index (χ4n) is 2.16. The smallest absolute Gasteiger partial charge is 0.150 e. The average molecular weight is 376 g/mol. The van der Waals surface area contributed by atoms with Gasteiger partial charge in [-0.1, -0.05) is 48.8 Å². The Bertz CT molecular complexity index is 529. The van der Waals surface area contributed by atoms with Crippen LogP contribution in [0.2, 0.25) is 0 Å². The van der Waals surface area contributed by atoms with E-state index in [2.05, 4.69) is 47.2 Å². The van der Waals surface area contributed by atoms with E-state index in [1.165, 1.54) is 5.56 Å². The van der Waals surface area contributed by atoms with Gasteiger partial charge in [-0.2, -0.15) is 0 Å². The minimum Gasteiger partial charge on any atom is -0.316 e. The first kappa shape index (κ1) is 18.7. The minimum atomic E-state index is -2.91. The van der Waals surface area contributed by atoms with Crippen LogP contribution in [0, 0.1) is 5.92 Å². The Kier molecular flexibility index (Phi) is 7.92. The van der Waals surface area contributed by atoms with Gasteiger partial charge >= 0.3 is 0 Å². The predicted octanol–water partition coefficient (Wildman–Crippen LogP) is 3.60. The van der Waals surface area contributed by atoms with E-state index < -0.39 is 9.84 Å². The van der Waals surface area contributed by atoms with Crippen LogP contribution in [-0.4, -0.2) is 33.0 Å². The first-order chi connectivity index (χ1) is 9.84. The van der Waals surface area contributed by atoms with Gasteiger partial charge in [0.1, 0.15) is 9.84 Å². The first-order valence-electron chi connectivity index (χ1n) is 7.50. The van der Waals surface area contributed by atoms with E-state index in [1.807, 2.05) is 12.1 Å². The summed E-state index contributed by atoms with van der Waals surface area (Å²) < 4.78 is 24.5. The van der Waals surface area contributed by atoms with Gasteiger partial charge in [-0.15, -0.1) is 0 Å². The van der Waals surface area contributed by atoms with E-state index in [-0.39, 0.29) is 17.4 Å². The lowest BCUT2D eigenvalue weighted by Crippen LogP contribution is -2.27. The topological polar surface area (TPSA) is 46.2 Å². The van der Waals surface area contributed by atoms with Gasteiger partial charge in [0, 0.05) is 16.8 Å². The summed E-state index contributed by atoms with van der Waals surface area (Å²) in [7, 11) is -2.91. The van der Waals surface area contributed by atoms with Crippen LogP contribution in [0.25, 0.3) is 0 Å². The summed E-state index contributed by atoms with van der Waals surface area (Å²) in [6.45, 7) is 7.81. The third kappa shape index (κ3) is 7.43. The van der Waals surface area contributed by atoms with Crippen molar-refractivity contribution < 1.29 is 8.42 Å². The Morgan fingerprint density at radius 3 is 2.52 bits per heavy atom. The van der Waals surface area contributed by atoms with Crippen molar-refractivity contribution in [3.63, 3.8) is 0 Å². The maximum atomic E-state index is 11.8. The maximum absolute atomic E-state index is 11.8. The molecule has 0 saturated carbocycles. The summed E-state index contributed by atoms with van der Waals surface area (Å²) in [5.74, 6) is 1.29. The quantitative estimate of drug-likeness (QED) is 0.716. The summed E-state index contributed by atoms with van der Waals surface area (Å²) in [6.07, 6.45) is 0.664. The Morgan fingerprint density at radius 2 is 1.95 bits per heavy atom. The molecule has 0 fully saturated rings. The lowest BCUT2D eigenvalue weighted by Gasteiger charge is -2.19. The van der Waals surface area contributed by atoms with Crippen molar-refractivity contribution >= 4 is 25.8 Å². The van der Waals surface area contributed by atoms with Gasteiger partial charge in [0.05, 0.1) is 5.75 Å². The number of hydrogen-bond acceptors (Lipinski definition) is 3. The fraction of sp³-hybridized carbons (Fsp3) is 0.625. The van der Waals surface area contributed by atoms with Crippen LogP contribution in [0.15, 0.2) is 28.7 Å². The number of hydrogen-bond donors (Lipinski definition) is 1. The molecule has 120 valence electrons. The molecule has 0 aliphatic carbocycles. The van der Waals surface area contributed by atoms with Crippen LogP contribution in [0.5, 0.6) is 0 Å². The number of benzene rings is 1. The van der Waals surface area contributed by atoms with E-state index in [0.29, 0.717) is 12.3 Å². The Balaban J connectivity index is 2.74. The molecule has 1 rings (SSSR count). The van der Waals surface area contributed by atoms with E-state index in [1.54, 1.807) is 6.92 Å². The van der Waals surface area contributed by atoms with Crippen molar-refractivity contribution in [2.24, 2.45) is 5.92 Å². The molecule has 21 heavy (non-hydrogen) atoms. The summed E-state index contributed by atoms with van der Waals surface area (Å²) in [4.78, 5) is 0. The van der Waals surface area contributed by atoms with Crippen molar-refractivity contribution in [1.29, 1.82) is 0 Å². The van der Waals surface area contributed by atoms with Crippen molar-refractivity contribution in [2.45, 2.75) is 33.1 Å². The van der Waals surface area contributed by atoms with Gasteiger partial charge in [-0.25, -0.2) is 8.42 Å². The second kappa shape index (κ2) is 8.91. The van der Waals surface area contributed by atoms with Gasteiger partial charge in [0.2, 0.25) is 0 Å². The van der Waals surface area contributed by atoms with E-state index in [9.17, 15) is 8.42 Å². The molecule has 5 heteroatoms. The number of rotatable bonds is 9. The van der Waals surface area contributed by atoms with Crippen LogP contribution in [0.3, 0.4) is 0 Å². The van der Waals surface area contributed by atoms with E-state index in [0.717, 1.165) is 17.6 Å². The Hall–Kier alpha value is -0.390. The third-order valence-electron chi connectivity index (χ3n) is 3.48. The van der Waals surface area contributed by atoms with Crippen molar-refractivity contribution in [3.8, 4) is 0 Å². The van der Waals surface area contributed by atoms with Gasteiger partial charge < -0.3 is 5.32 Å². The molecule has 1 aromatic carbocycles. The number of halogens is 1. The van der Waals surface area contributed by atoms with Gasteiger partial charge in [-0.05, 0) is 42.5 Å². The molecule has 0 saturated heterocycles. The molecule has 0 amide bonds. The Morgan fingerprint density at radius 1 is 1.24 bits per heavy atom. The molecule has 0 radical (unpaired) electrons. The normalized spacial score (nSPS) is 13.6. The van der Waals surface area contributed by atoms with Gasteiger partial charge in [0.25, 0.3) is 0 Å². The monoisotopic (exact) mass is 375 g/mol. The third-order valence-corrected chi connectivity index (χ3v) is 5.71. The van der Waals surface area contributed by atoms with Gasteiger partial charge in [-0.3, -0.25) is 0 Å². The molecule has 1 N–H and O–H groups in total. The summed E-state index contributed by atoms with van der Waals surface area (Å²) in [5.41, 5.74) is 1.19. The fourth-order valence-corrected chi connectivity index (χ4v) is 3.51. The molecule has 0 aromatic heterocycles. The molecule has 3 nitrogen and oxygen atoms in total. The summed E-state index contributed by atoms with van der Waals surface area (Å²) >= 11 is 3.49. The zero-order valence-electron chi connectivity index (χ0n) is 13.1. The lowest BCUT2D eigenvalue weighted by atomic mass is 9.96. The largest absolute Gasteiger partial charge is 0.316 e. The van der Waals surface area contributed by atoms with Crippen molar-refractivity contribution in [3.05, 3.63) is 34.3 Å². The second-order valence-corrected chi connectivity index (χ2v) is 9.22. The summed E-state index contributed by atoms with van der Waals surface area (Å²) in [6, 6.07) is 8.15. The van der Waals surface area contributed by atoms with E-state index in [4.69, 9.17) is 0 Å². The highest BCUT2D eigenvalue weighted by atomic mass is 79.9. The highest BCUT2D eigenvalue weighted by Crippen LogP contribution is 2.23. The standard InChI is InChI=1S/C16H26BrNO2S/c1-4-21(19,20)9-8-15(12-18-11-13(2)3)14-6-5-7-16(17)10-14/h5-7,10,13,15,18H,4,8-9,11-12H2,1-3H3. The number of nitrogens with one attached hydrogen (secondary N) is 1. The maximum Gasteiger partial charge on any atom is 0.150 e. The van der Waals surface area contributed by atoms with Crippen LogP contribution < -0.4 is 5.32 Å². The average Bonchev–Trinajstić information content (AvgIpc) is 2.42. The van der Waals surface area contributed by atoms with Crippen LogP contribution >= 0.6 is 15.9 Å². The summed E-state index contributed by atoms with van der Waals surface area (Å²) in [5, 5.41) is 3.45. The van der Waals surface area contributed by atoms with E-state index >= 15 is 0 Å². The molecule has 0 bridgehead atoms. The molecule has 0 spiro atoms.